The van der Waals surface area contributed by atoms with Crippen LogP contribution in [0.2, 0.25) is 0 Å². The third-order valence-corrected chi connectivity index (χ3v) is 4.24. The number of alkyl halides is 3. The van der Waals surface area contributed by atoms with Gasteiger partial charge in [0.25, 0.3) is 5.91 Å². The Hall–Kier alpha value is -3.10. The van der Waals surface area contributed by atoms with Crippen molar-refractivity contribution in [3.05, 3.63) is 41.5 Å². The lowest BCUT2D eigenvalue weighted by Gasteiger charge is -2.19. The Labute approximate surface area is 179 Å². The van der Waals surface area contributed by atoms with Crippen LogP contribution in [0.4, 0.5) is 24.5 Å². The van der Waals surface area contributed by atoms with E-state index in [1.807, 2.05) is 0 Å². The molecular weight excluding hydrogens is 413 g/mol. The second-order valence-corrected chi connectivity index (χ2v) is 6.68. The van der Waals surface area contributed by atoms with E-state index < -0.39 is 17.6 Å². The van der Waals surface area contributed by atoms with Crippen LogP contribution >= 0.6 is 0 Å². The average molecular weight is 440 g/mol. The lowest BCUT2D eigenvalue weighted by Crippen LogP contribution is -2.18. The number of anilines is 2. The highest BCUT2D eigenvalue weighted by Crippen LogP contribution is 2.40. The first-order valence-electron chi connectivity index (χ1n) is 9.88. The molecule has 31 heavy (non-hydrogen) atoms. The number of amides is 1. The fourth-order valence-corrected chi connectivity index (χ4v) is 2.87. The Kier molecular flexibility index (Phi) is 8.01. The van der Waals surface area contributed by atoms with Gasteiger partial charge in [-0.05, 0) is 51.1 Å². The molecule has 0 aromatic heterocycles. The number of rotatable bonds is 9. The molecule has 0 fully saturated rings. The van der Waals surface area contributed by atoms with Crippen molar-refractivity contribution < 1.29 is 32.2 Å². The van der Waals surface area contributed by atoms with Crippen molar-refractivity contribution in [3.8, 4) is 17.2 Å². The number of halogens is 3. The van der Waals surface area contributed by atoms with Gasteiger partial charge in [-0.1, -0.05) is 0 Å². The van der Waals surface area contributed by atoms with Gasteiger partial charge in [-0.25, -0.2) is 0 Å². The smallest absolute Gasteiger partial charge is 0.418 e. The summed E-state index contributed by atoms with van der Waals surface area (Å²) in [4.78, 5) is 14.4. The number of carbonyl (C=O) groups is 1. The van der Waals surface area contributed by atoms with Gasteiger partial charge in [0.1, 0.15) is 0 Å². The zero-order chi connectivity index (χ0) is 23.2. The van der Waals surface area contributed by atoms with Gasteiger partial charge in [-0.15, -0.1) is 0 Å². The Balaban J connectivity index is 2.48. The van der Waals surface area contributed by atoms with Crippen molar-refractivity contribution in [1.29, 1.82) is 0 Å². The Morgan fingerprint density at radius 3 is 1.94 bits per heavy atom. The summed E-state index contributed by atoms with van der Waals surface area (Å²) in [5.74, 6) is 0.168. The second kappa shape index (κ2) is 10.3. The summed E-state index contributed by atoms with van der Waals surface area (Å²) in [5.41, 5.74) is -0.829. The van der Waals surface area contributed by atoms with E-state index in [0.29, 0.717) is 31.3 Å². The zero-order valence-electron chi connectivity index (χ0n) is 18.2. The molecule has 0 aliphatic rings. The van der Waals surface area contributed by atoms with Crippen molar-refractivity contribution in [1.82, 2.24) is 0 Å². The predicted octanol–water partition coefficient (Wildman–Crippen LogP) is 5.22. The van der Waals surface area contributed by atoms with E-state index in [-0.39, 0.29) is 22.7 Å². The summed E-state index contributed by atoms with van der Waals surface area (Å²) in [6, 6.07) is 6.57. The topological polar surface area (TPSA) is 60.0 Å². The third-order valence-electron chi connectivity index (χ3n) is 4.24. The molecule has 0 atom stereocenters. The number of hydrogen-bond donors (Lipinski definition) is 1. The number of ether oxygens (including phenoxy) is 3. The van der Waals surface area contributed by atoms with E-state index in [2.05, 4.69) is 5.32 Å². The molecule has 1 N–H and O–H groups in total. The van der Waals surface area contributed by atoms with Crippen molar-refractivity contribution in [2.75, 3.05) is 44.1 Å². The second-order valence-electron chi connectivity index (χ2n) is 6.68. The molecule has 2 aromatic carbocycles. The number of nitrogens with zero attached hydrogens (tertiary/aromatic N) is 1. The zero-order valence-corrected chi connectivity index (χ0v) is 18.2. The molecule has 6 nitrogen and oxygen atoms in total. The van der Waals surface area contributed by atoms with Crippen LogP contribution in [0.3, 0.4) is 0 Å². The number of hydrogen-bond acceptors (Lipinski definition) is 5. The summed E-state index contributed by atoms with van der Waals surface area (Å²) < 4.78 is 57.5. The molecule has 0 aliphatic heterocycles. The van der Waals surface area contributed by atoms with Crippen molar-refractivity contribution in [2.24, 2.45) is 0 Å². The average Bonchev–Trinajstić information content (AvgIpc) is 2.69. The van der Waals surface area contributed by atoms with Crippen LogP contribution in [0, 0.1) is 0 Å². The third kappa shape index (κ3) is 5.96. The monoisotopic (exact) mass is 440 g/mol. The molecule has 0 bridgehead atoms. The molecule has 170 valence electrons. The lowest BCUT2D eigenvalue weighted by molar-refractivity contribution is -0.136. The molecule has 1 amide bonds. The van der Waals surface area contributed by atoms with Gasteiger partial charge in [0.2, 0.25) is 5.75 Å². The Bertz CT molecular complexity index is 887. The summed E-state index contributed by atoms with van der Waals surface area (Å²) in [6.07, 6.45) is -4.64. The van der Waals surface area contributed by atoms with E-state index in [4.69, 9.17) is 14.2 Å². The number of carbonyl (C=O) groups excluding carboxylic acids is 1. The molecule has 2 rings (SSSR count). The first-order valence-corrected chi connectivity index (χ1v) is 9.88. The van der Waals surface area contributed by atoms with E-state index in [1.54, 1.807) is 39.8 Å². The first kappa shape index (κ1) is 24.2. The summed E-state index contributed by atoms with van der Waals surface area (Å²) >= 11 is 0. The van der Waals surface area contributed by atoms with Gasteiger partial charge in [-0.3, -0.25) is 4.79 Å². The maximum absolute atomic E-state index is 13.6. The van der Waals surface area contributed by atoms with Gasteiger partial charge in [-0.2, -0.15) is 13.2 Å². The lowest BCUT2D eigenvalue weighted by atomic mass is 10.1. The van der Waals surface area contributed by atoms with Crippen LogP contribution < -0.4 is 24.4 Å². The van der Waals surface area contributed by atoms with Gasteiger partial charge in [0, 0.05) is 25.3 Å². The van der Waals surface area contributed by atoms with Crippen LogP contribution in [0.15, 0.2) is 30.3 Å². The quantitative estimate of drug-likeness (QED) is 0.579. The highest BCUT2D eigenvalue weighted by Gasteiger charge is 2.34. The maximum atomic E-state index is 13.6. The predicted molar refractivity (Wildman–Crippen MR) is 114 cm³/mol. The number of benzene rings is 2. The highest BCUT2D eigenvalue weighted by molar-refractivity contribution is 6.05. The summed E-state index contributed by atoms with van der Waals surface area (Å²) in [5, 5.41) is 2.36. The standard InChI is InChI=1S/C22H27F3N2O4/c1-6-29-18-11-14(12-19(30-7-2)20(18)31-8-3)21(28)26-17-10-9-15(27(4)5)13-16(17)22(23,24)25/h9-13H,6-8H2,1-5H3,(H,26,28). The molecule has 0 unspecified atom stereocenters. The minimum Gasteiger partial charge on any atom is -0.490 e. The number of nitrogens with one attached hydrogen (secondary N) is 1. The van der Waals surface area contributed by atoms with Crippen LogP contribution in [0.25, 0.3) is 0 Å². The first-order chi connectivity index (χ1) is 14.6. The van der Waals surface area contributed by atoms with Crippen molar-refractivity contribution in [2.45, 2.75) is 26.9 Å². The normalized spacial score (nSPS) is 11.1. The molecule has 2 aromatic rings. The van der Waals surface area contributed by atoms with Crippen LogP contribution in [0.5, 0.6) is 17.2 Å². The minimum absolute atomic E-state index is 0.0835. The van der Waals surface area contributed by atoms with Gasteiger partial charge in [0.05, 0.1) is 31.1 Å². The van der Waals surface area contributed by atoms with E-state index in [9.17, 15) is 18.0 Å². The van der Waals surface area contributed by atoms with Crippen LogP contribution in [-0.2, 0) is 6.18 Å². The van der Waals surface area contributed by atoms with E-state index in [0.717, 1.165) is 6.07 Å². The molecule has 0 radical (unpaired) electrons. The molecule has 0 heterocycles. The van der Waals surface area contributed by atoms with Gasteiger partial charge in [0.15, 0.2) is 11.5 Å². The van der Waals surface area contributed by atoms with Gasteiger partial charge >= 0.3 is 6.18 Å². The van der Waals surface area contributed by atoms with Crippen LogP contribution in [0.1, 0.15) is 36.7 Å². The fourth-order valence-electron chi connectivity index (χ4n) is 2.87. The Morgan fingerprint density at radius 1 is 0.935 bits per heavy atom. The highest BCUT2D eigenvalue weighted by atomic mass is 19.4. The summed E-state index contributed by atoms with van der Waals surface area (Å²) in [7, 11) is 3.27. The van der Waals surface area contributed by atoms with Crippen LogP contribution in [-0.4, -0.2) is 39.8 Å². The molecule has 0 saturated heterocycles. The fraction of sp³-hybridized carbons (Fsp3) is 0.409. The largest absolute Gasteiger partial charge is 0.490 e. The summed E-state index contributed by atoms with van der Waals surface area (Å²) in [6.45, 7) is 6.29. The minimum atomic E-state index is -4.64. The molecule has 0 spiro atoms. The van der Waals surface area contributed by atoms with E-state index >= 15 is 0 Å². The van der Waals surface area contributed by atoms with Gasteiger partial charge < -0.3 is 24.4 Å². The molecule has 0 saturated carbocycles. The molecular formula is C22H27F3N2O4. The Morgan fingerprint density at radius 2 is 1.48 bits per heavy atom. The molecule has 0 aliphatic carbocycles. The molecule has 9 heteroatoms. The van der Waals surface area contributed by atoms with E-state index in [1.165, 1.54) is 24.3 Å². The van der Waals surface area contributed by atoms with Crippen molar-refractivity contribution in [3.63, 3.8) is 0 Å². The SMILES string of the molecule is CCOc1cc(C(=O)Nc2ccc(N(C)C)cc2C(F)(F)F)cc(OCC)c1OCC. The van der Waals surface area contributed by atoms with Crippen molar-refractivity contribution >= 4 is 17.3 Å². The maximum Gasteiger partial charge on any atom is 0.418 e.